The van der Waals surface area contributed by atoms with Gasteiger partial charge in [-0.3, -0.25) is 4.79 Å². The summed E-state index contributed by atoms with van der Waals surface area (Å²) in [5.41, 5.74) is 3.36. The van der Waals surface area contributed by atoms with Crippen molar-refractivity contribution < 1.29 is 9.90 Å². The van der Waals surface area contributed by atoms with Crippen LogP contribution < -0.4 is 0 Å². The number of aliphatic hydroxyl groups is 1. The number of aliphatic hydroxyl groups excluding tert-OH is 1. The molecule has 1 aromatic rings. The minimum absolute atomic E-state index is 0.131. The molecule has 1 amide bonds. The Hall–Kier alpha value is -1.39. The SMILES string of the molecule is Cc1cc(C)cc(C(O)CN2CCC(C(=O)N(C)C(C)C)CC2)c1. The summed E-state index contributed by atoms with van der Waals surface area (Å²) in [6.07, 6.45) is 1.31. The van der Waals surface area contributed by atoms with Gasteiger partial charge in [-0.25, -0.2) is 0 Å². The van der Waals surface area contributed by atoms with Crippen molar-refractivity contribution in [3.05, 3.63) is 34.9 Å². The Morgan fingerprint density at radius 3 is 2.25 bits per heavy atom. The molecule has 1 aliphatic rings. The molecule has 24 heavy (non-hydrogen) atoms. The summed E-state index contributed by atoms with van der Waals surface area (Å²) in [5.74, 6) is 0.395. The van der Waals surface area contributed by atoms with E-state index >= 15 is 0 Å². The van der Waals surface area contributed by atoms with Crippen LogP contribution in [0.5, 0.6) is 0 Å². The second-order valence-electron chi connectivity index (χ2n) is 7.55. The summed E-state index contributed by atoms with van der Waals surface area (Å²) in [5, 5.41) is 10.5. The number of nitrogens with zero attached hydrogens (tertiary/aromatic N) is 2. The van der Waals surface area contributed by atoms with Gasteiger partial charge in [0.1, 0.15) is 0 Å². The zero-order chi connectivity index (χ0) is 17.9. The van der Waals surface area contributed by atoms with E-state index < -0.39 is 6.10 Å². The van der Waals surface area contributed by atoms with E-state index in [1.165, 1.54) is 11.1 Å². The highest BCUT2D eigenvalue weighted by molar-refractivity contribution is 5.78. The Balaban J connectivity index is 1.87. The van der Waals surface area contributed by atoms with Gasteiger partial charge in [-0.2, -0.15) is 0 Å². The summed E-state index contributed by atoms with van der Waals surface area (Å²) < 4.78 is 0. The summed E-state index contributed by atoms with van der Waals surface area (Å²) in [6, 6.07) is 6.50. The number of hydrogen-bond donors (Lipinski definition) is 1. The van der Waals surface area contributed by atoms with E-state index in [9.17, 15) is 9.90 Å². The summed E-state index contributed by atoms with van der Waals surface area (Å²) in [6.45, 7) is 10.6. The Bertz CT molecular complexity index is 543. The van der Waals surface area contributed by atoms with Gasteiger partial charge in [0, 0.05) is 25.6 Å². The van der Waals surface area contributed by atoms with Crippen molar-refractivity contribution in [3.63, 3.8) is 0 Å². The van der Waals surface area contributed by atoms with Crippen LogP contribution in [0.1, 0.15) is 49.5 Å². The number of amides is 1. The number of β-amino-alcohol motifs (C(OH)–C–C–N with tert-alkyl or cyclic N) is 1. The van der Waals surface area contributed by atoms with E-state index in [1.54, 1.807) is 0 Å². The van der Waals surface area contributed by atoms with Crippen molar-refractivity contribution in [3.8, 4) is 0 Å². The van der Waals surface area contributed by atoms with Gasteiger partial charge in [0.25, 0.3) is 0 Å². The first-order valence-corrected chi connectivity index (χ1v) is 9.03. The molecule has 1 saturated heterocycles. The highest BCUT2D eigenvalue weighted by Gasteiger charge is 2.28. The molecule has 1 aliphatic heterocycles. The van der Waals surface area contributed by atoms with E-state index in [2.05, 4.69) is 36.9 Å². The summed E-state index contributed by atoms with van der Waals surface area (Å²) >= 11 is 0. The number of carbonyl (C=O) groups is 1. The number of hydrogen-bond acceptors (Lipinski definition) is 3. The van der Waals surface area contributed by atoms with Crippen molar-refractivity contribution in [2.24, 2.45) is 5.92 Å². The molecule has 1 atom stereocenters. The van der Waals surface area contributed by atoms with Gasteiger partial charge < -0.3 is 14.9 Å². The third-order valence-corrected chi connectivity index (χ3v) is 5.12. The fraction of sp³-hybridized carbons (Fsp3) is 0.650. The molecule has 4 nitrogen and oxygen atoms in total. The minimum atomic E-state index is -0.464. The standard InChI is InChI=1S/C20H32N2O2/c1-14(2)21(5)20(24)17-6-8-22(9-7-17)13-19(23)18-11-15(3)10-16(4)12-18/h10-12,14,17,19,23H,6-9,13H2,1-5H3. The van der Waals surface area contributed by atoms with Gasteiger partial charge in [0.05, 0.1) is 6.10 Å². The van der Waals surface area contributed by atoms with E-state index in [0.29, 0.717) is 6.54 Å². The Morgan fingerprint density at radius 2 is 1.75 bits per heavy atom. The molecule has 4 heteroatoms. The second-order valence-corrected chi connectivity index (χ2v) is 7.55. The van der Waals surface area contributed by atoms with Crippen LogP contribution in [-0.2, 0) is 4.79 Å². The zero-order valence-corrected chi connectivity index (χ0v) is 15.7. The lowest BCUT2D eigenvalue weighted by atomic mass is 9.94. The Labute approximate surface area is 146 Å². The average molecular weight is 332 g/mol. The molecule has 0 radical (unpaired) electrons. The molecule has 0 spiro atoms. The minimum Gasteiger partial charge on any atom is -0.387 e. The summed E-state index contributed by atoms with van der Waals surface area (Å²) in [4.78, 5) is 16.6. The first-order chi connectivity index (χ1) is 11.3. The maximum absolute atomic E-state index is 12.4. The van der Waals surface area contributed by atoms with Crippen molar-refractivity contribution in [2.75, 3.05) is 26.7 Å². The predicted molar refractivity (Wildman–Crippen MR) is 97.9 cm³/mol. The molecule has 0 bridgehead atoms. The molecule has 1 N–H and O–H groups in total. The molecule has 1 aromatic carbocycles. The van der Waals surface area contributed by atoms with Gasteiger partial charge in [-0.05, 0) is 59.2 Å². The summed E-state index contributed by atoms with van der Waals surface area (Å²) in [7, 11) is 1.89. The van der Waals surface area contributed by atoms with Crippen molar-refractivity contribution in [1.82, 2.24) is 9.80 Å². The van der Waals surface area contributed by atoms with Crippen molar-refractivity contribution >= 4 is 5.91 Å². The topological polar surface area (TPSA) is 43.8 Å². The fourth-order valence-corrected chi connectivity index (χ4v) is 3.46. The number of likely N-dealkylation sites (tertiary alicyclic amines) is 1. The van der Waals surface area contributed by atoms with Gasteiger partial charge in [-0.15, -0.1) is 0 Å². The van der Waals surface area contributed by atoms with Gasteiger partial charge in [0.15, 0.2) is 0 Å². The van der Waals surface area contributed by atoms with Crippen LogP contribution in [0.15, 0.2) is 18.2 Å². The first-order valence-electron chi connectivity index (χ1n) is 9.03. The van der Waals surface area contributed by atoms with Gasteiger partial charge in [-0.1, -0.05) is 29.3 Å². The quantitative estimate of drug-likeness (QED) is 0.902. The van der Waals surface area contributed by atoms with Crippen LogP contribution in [0, 0.1) is 19.8 Å². The molecule has 0 aliphatic carbocycles. The molecular weight excluding hydrogens is 300 g/mol. The van der Waals surface area contributed by atoms with Crippen LogP contribution in [0.2, 0.25) is 0 Å². The van der Waals surface area contributed by atoms with Crippen LogP contribution >= 0.6 is 0 Å². The smallest absolute Gasteiger partial charge is 0.225 e. The van der Waals surface area contributed by atoms with Gasteiger partial charge in [0.2, 0.25) is 5.91 Å². The predicted octanol–water partition coefficient (Wildman–Crippen LogP) is 2.92. The molecule has 1 unspecified atom stereocenters. The number of benzene rings is 1. The zero-order valence-electron chi connectivity index (χ0n) is 15.7. The molecule has 1 fully saturated rings. The third kappa shape index (κ3) is 4.81. The molecular formula is C20H32N2O2. The van der Waals surface area contributed by atoms with Gasteiger partial charge >= 0.3 is 0 Å². The molecule has 0 saturated carbocycles. The van der Waals surface area contributed by atoms with Crippen LogP contribution in [-0.4, -0.2) is 53.5 Å². The fourth-order valence-electron chi connectivity index (χ4n) is 3.46. The lowest BCUT2D eigenvalue weighted by molar-refractivity contribution is -0.137. The lowest BCUT2D eigenvalue weighted by Gasteiger charge is -2.35. The maximum atomic E-state index is 12.4. The highest BCUT2D eigenvalue weighted by atomic mass is 16.3. The maximum Gasteiger partial charge on any atom is 0.225 e. The molecule has 2 rings (SSSR count). The van der Waals surface area contributed by atoms with E-state index in [4.69, 9.17) is 0 Å². The number of carbonyl (C=O) groups excluding carboxylic acids is 1. The molecule has 134 valence electrons. The normalized spacial score (nSPS) is 18.0. The molecule has 0 aromatic heterocycles. The number of piperidine rings is 1. The van der Waals surface area contributed by atoms with Crippen molar-refractivity contribution in [2.45, 2.75) is 52.7 Å². The van der Waals surface area contributed by atoms with Crippen molar-refractivity contribution in [1.29, 1.82) is 0 Å². The van der Waals surface area contributed by atoms with Crippen LogP contribution in [0.4, 0.5) is 0 Å². The Kier molecular flexibility index (Phi) is 6.41. The van der Waals surface area contributed by atoms with Crippen LogP contribution in [0.25, 0.3) is 0 Å². The van der Waals surface area contributed by atoms with E-state index in [-0.39, 0.29) is 17.9 Å². The average Bonchev–Trinajstić information content (AvgIpc) is 2.53. The number of rotatable bonds is 5. The molecule has 1 heterocycles. The van der Waals surface area contributed by atoms with E-state index in [0.717, 1.165) is 31.5 Å². The largest absolute Gasteiger partial charge is 0.387 e. The van der Waals surface area contributed by atoms with Crippen LogP contribution in [0.3, 0.4) is 0 Å². The second kappa shape index (κ2) is 8.13. The Morgan fingerprint density at radius 1 is 1.21 bits per heavy atom. The lowest BCUT2D eigenvalue weighted by Crippen LogP contribution is -2.44. The van der Waals surface area contributed by atoms with E-state index in [1.807, 2.05) is 25.8 Å². The highest BCUT2D eigenvalue weighted by Crippen LogP contribution is 2.23. The number of aryl methyl sites for hydroxylation is 2. The third-order valence-electron chi connectivity index (χ3n) is 5.12. The first kappa shape index (κ1) is 18.9. The monoisotopic (exact) mass is 332 g/mol.